The molecule has 1 amide bonds. The van der Waals surface area contributed by atoms with Gasteiger partial charge in [-0.1, -0.05) is 24.9 Å². The summed E-state index contributed by atoms with van der Waals surface area (Å²) >= 11 is 0. The van der Waals surface area contributed by atoms with Crippen molar-refractivity contribution >= 4 is 5.91 Å². The summed E-state index contributed by atoms with van der Waals surface area (Å²) in [7, 11) is 0. The number of hydrogen-bond donors (Lipinski definition) is 1. The van der Waals surface area contributed by atoms with Crippen LogP contribution in [0.3, 0.4) is 0 Å². The van der Waals surface area contributed by atoms with Gasteiger partial charge in [0.15, 0.2) is 5.69 Å². The maximum absolute atomic E-state index is 11.9. The zero-order valence-electron chi connectivity index (χ0n) is 12.6. The van der Waals surface area contributed by atoms with E-state index in [1.54, 1.807) is 6.07 Å². The molecule has 2 aliphatic carbocycles. The maximum Gasteiger partial charge on any atom is 0.273 e. The lowest BCUT2D eigenvalue weighted by molar-refractivity contribution is -0.00296. The molecule has 0 unspecified atom stereocenters. The molecule has 3 rings (SSSR count). The summed E-state index contributed by atoms with van der Waals surface area (Å²) in [6.45, 7) is 3.33. The highest BCUT2D eigenvalue weighted by Crippen LogP contribution is 2.40. The second kappa shape index (κ2) is 6.60. The molecule has 0 radical (unpaired) electrons. The predicted molar refractivity (Wildman–Crippen MR) is 78.2 cm³/mol. The Morgan fingerprint density at radius 1 is 1.38 bits per heavy atom. The minimum atomic E-state index is -0.175. The van der Waals surface area contributed by atoms with E-state index >= 15 is 0 Å². The van der Waals surface area contributed by atoms with Crippen LogP contribution in [0.2, 0.25) is 0 Å². The van der Waals surface area contributed by atoms with Crippen LogP contribution in [0.5, 0.6) is 0 Å². The van der Waals surface area contributed by atoms with Gasteiger partial charge in [-0.05, 0) is 31.6 Å². The largest absolute Gasteiger partial charge is 0.376 e. The molecule has 0 bridgehead atoms. The molecule has 116 valence electrons. The van der Waals surface area contributed by atoms with E-state index in [0.717, 1.165) is 25.0 Å². The Morgan fingerprint density at radius 2 is 2.19 bits per heavy atom. The van der Waals surface area contributed by atoms with Crippen LogP contribution in [0.25, 0.3) is 0 Å². The first-order valence-corrected chi connectivity index (χ1v) is 8.10. The highest BCUT2D eigenvalue weighted by atomic mass is 16.5. The van der Waals surface area contributed by atoms with E-state index in [4.69, 9.17) is 9.26 Å². The molecule has 2 fully saturated rings. The van der Waals surface area contributed by atoms with Crippen molar-refractivity contribution < 1.29 is 14.1 Å². The van der Waals surface area contributed by atoms with Gasteiger partial charge in [0.2, 0.25) is 0 Å². The van der Waals surface area contributed by atoms with Crippen LogP contribution >= 0.6 is 0 Å². The van der Waals surface area contributed by atoms with Gasteiger partial charge in [0.1, 0.15) is 5.76 Å². The molecule has 1 aromatic rings. The average molecular weight is 292 g/mol. The lowest BCUT2D eigenvalue weighted by Crippen LogP contribution is -2.31. The van der Waals surface area contributed by atoms with Gasteiger partial charge in [-0.15, -0.1) is 0 Å². The van der Waals surface area contributed by atoms with Gasteiger partial charge in [0.05, 0.1) is 12.7 Å². The second-order valence-corrected chi connectivity index (χ2v) is 6.32. The first-order chi connectivity index (χ1) is 10.2. The number of nitrogens with zero attached hydrogens (tertiary/aromatic N) is 1. The van der Waals surface area contributed by atoms with Crippen molar-refractivity contribution in [3.8, 4) is 0 Å². The molecule has 0 aliphatic heterocycles. The predicted octanol–water partition coefficient (Wildman–Crippen LogP) is 2.88. The third-order valence-corrected chi connectivity index (χ3v) is 4.49. The van der Waals surface area contributed by atoms with E-state index in [-0.39, 0.29) is 5.91 Å². The zero-order valence-corrected chi connectivity index (χ0v) is 12.6. The molecule has 2 aliphatic rings. The number of carbonyl (C=O) groups excluding carboxylic acids is 1. The van der Waals surface area contributed by atoms with Crippen molar-refractivity contribution in [2.24, 2.45) is 5.92 Å². The number of carbonyl (C=O) groups is 1. The van der Waals surface area contributed by atoms with Crippen LogP contribution in [0, 0.1) is 5.92 Å². The summed E-state index contributed by atoms with van der Waals surface area (Å²) in [4.78, 5) is 11.9. The first-order valence-electron chi connectivity index (χ1n) is 8.10. The number of ether oxygens (including phenoxy) is 1. The SMILES string of the molecule is C[C@@H]1CCCC[C@@H]1OCCNC(=O)c1cc(C2CC2)on1. The number of hydrogen-bond acceptors (Lipinski definition) is 4. The zero-order chi connectivity index (χ0) is 14.7. The van der Waals surface area contributed by atoms with Crippen molar-refractivity contribution in [3.63, 3.8) is 0 Å². The molecule has 0 spiro atoms. The van der Waals surface area contributed by atoms with E-state index in [9.17, 15) is 4.79 Å². The van der Waals surface area contributed by atoms with Gasteiger partial charge in [-0.2, -0.15) is 0 Å². The van der Waals surface area contributed by atoms with Gasteiger partial charge in [-0.25, -0.2) is 0 Å². The maximum atomic E-state index is 11.9. The number of nitrogens with one attached hydrogen (secondary N) is 1. The first kappa shape index (κ1) is 14.6. The monoisotopic (exact) mass is 292 g/mol. The van der Waals surface area contributed by atoms with E-state index in [0.29, 0.717) is 36.8 Å². The minimum absolute atomic E-state index is 0.175. The molecule has 2 saturated carbocycles. The molecule has 5 nitrogen and oxygen atoms in total. The molecule has 21 heavy (non-hydrogen) atoms. The Labute approximate surface area is 125 Å². The van der Waals surface area contributed by atoms with Crippen molar-refractivity contribution in [3.05, 3.63) is 17.5 Å². The van der Waals surface area contributed by atoms with Gasteiger partial charge < -0.3 is 14.6 Å². The van der Waals surface area contributed by atoms with Gasteiger partial charge in [0.25, 0.3) is 5.91 Å². The summed E-state index contributed by atoms with van der Waals surface area (Å²) in [5, 5.41) is 6.67. The van der Waals surface area contributed by atoms with Crippen molar-refractivity contribution in [1.82, 2.24) is 10.5 Å². The van der Waals surface area contributed by atoms with Gasteiger partial charge in [-0.3, -0.25) is 4.79 Å². The molecule has 1 aromatic heterocycles. The van der Waals surface area contributed by atoms with E-state index in [1.165, 1.54) is 19.3 Å². The Bertz CT molecular complexity index is 482. The molecule has 1 N–H and O–H groups in total. The lowest BCUT2D eigenvalue weighted by atomic mass is 9.88. The lowest BCUT2D eigenvalue weighted by Gasteiger charge is -2.28. The fourth-order valence-electron chi connectivity index (χ4n) is 2.95. The van der Waals surface area contributed by atoms with Crippen LogP contribution in [0.15, 0.2) is 10.6 Å². The van der Waals surface area contributed by atoms with E-state index < -0.39 is 0 Å². The normalized spacial score (nSPS) is 25.8. The standard InChI is InChI=1S/C16H24N2O3/c1-11-4-2-3-5-14(11)20-9-8-17-16(19)13-10-15(21-18-13)12-6-7-12/h10-12,14H,2-9H2,1H3,(H,17,19)/t11-,14+/m1/s1. The quantitative estimate of drug-likeness (QED) is 0.819. The van der Waals surface area contributed by atoms with E-state index in [1.807, 2.05) is 0 Å². The minimum Gasteiger partial charge on any atom is -0.376 e. The van der Waals surface area contributed by atoms with Crippen LogP contribution in [0.1, 0.15) is 67.6 Å². The van der Waals surface area contributed by atoms with Crippen molar-refractivity contribution in [2.45, 2.75) is 57.5 Å². The Kier molecular flexibility index (Phi) is 4.58. The summed E-state index contributed by atoms with van der Waals surface area (Å²) in [6, 6.07) is 1.76. The third kappa shape index (κ3) is 3.84. The summed E-state index contributed by atoms with van der Waals surface area (Å²) in [5.74, 6) is 1.78. The smallest absolute Gasteiger partial charge is 0.273 e. The van der Waals surface area contributed by atoms with Crippen molar-refractivity contribution in [2.75, 3.05) is 13.2 Å². The molecule has 5 heteroatoms. The van der Waals surface area contributed by atoms with Crippen LogP contribution < -0.4 is 5.32 Å². The Morgan fingerprint density at radius 3 is 2.95 bits per heavy atom. The van der Waals surface area contributed by atoms with Crippen LogP contribution in [-0.4, -0.2) is 30.3 Å². The third-order valence-electron chi connectivity index (χ3n) is 4.49. The molecule has 0 aromatic carbocycles. The summed E-state index contributed by atoms with van der Waals surface area (Å²) < 4.78 is 11.1. The van der Waals surface area contributed by atoms with Crippen LogP contribution in [-0.2, 0) is 4.74 Å². The van der Waals surface area contributed by atoms with Crippen molar-refractivity contribution in [1.29, 1.82) is 0 Å². The number of amides is 1. The Balaban J connectivity index is 1.37. The fraction of sp³-hybridized carbons (Fsp3) is 0.750. The molecule has 0 saturated heterocycles. The van der Waals surface area contributed by atoms with Gasteiger partial charge >= 0.3 is 0 Å². The van der Waals surface area contributed by atoms with Crippen LogP contribution in [0.4, 0.5) is 0 Å². The highest BCUT2D eigenvalue weighted by Gasteiger charge is 2.28. The molecule has 2 atom stereocenters. The fourth-order valence-corrected chi connectivity index (χ4v) is 2.95. The van der Waals surface area contributed by atoms with E-state index in [2.05, 4.69) is 17.4 Å². The molecule has 1 heterocycles. The van der Waals surface area contributed by atoms with Gasteiger partial charge in [0, 0.05) is 18.5 Å². The Hall–Kier alpha value is -1.36. The second-order valence-electron chi connectivity index (χ2n) is 6.32. The topological polar surface area (TPSA) is 64.4 Å². The summed E-state index contributed by atoms with van der Waals surface area (Å²) in [6.07, 6.45) is 7.60. The number of rotatable bonds is 6. The highest BCUT2D eigenvalue weighted by molar-refractivity contribution is 5.92. The molecular formula is C16H24N2O3. The average Bonchev–Trinajstić information content (AvgIpc) is 3.22. The summed E-state index contributed by atoms with van der Waals surface area (Å²) in [5.41, 5.74) is 0.378. The number of aromatic nitrogens is 1. The molecular weight excluding hydrogens is 268 g/mol.